The number of carbonyl (C=O) groups is 1. The zero-order chi connectivity index (χ0) is 14.0. The Bertz CT molecular complexity index is 552. The van der Waals surface area contributed by atoms with Crippen LogP contribution in [0.4, 0.5) is 5.69 Å². The number of hydrogen-bond acceptors (Lipinski definition) is 6. The van der Waals surface area contributed by atoms with Gasteiger partial charge in [-0.05, 0) is 24.6 Å². The van der Waals surface area contributed by atoms with E-state index in [0.717, 1.165) is 0 Å². The lowest BCUT2D eigenvalue weighted by molar-refractivity contribution is -0.384. The van der Waals surface area contributed by atoms with Crippen LogP contribution in [0.2, 0.25) is 0 Å². The van der Waals surface area contributed by atoms with Crippen molar-refractivity contribution in [1.29, 1.82) is 0 Å². The second kappa shape index (κ2) is 4.68. The zero-order valence-corrected chi connectivity index (χ0v) is 10.5. The molecule has 0 amide bonds. The molecule has 0 spiro atoms. The van der Waals surface area contributed by atoms with Crippen molar-refractivity contribution >= 4 is 17.4 Å². The van der Waals surface area contributed by atoms with Gasteiger partial charge in [-0.2, -0.15) is 0 Å². The van der Waals surface area contributed by atoms with Gasteiger partial charge < -0.3 is 9.57 Å². The lowest BCUT2D eigenvalue weighted by Gasteiger charge is -2.17. The highest BCUT2D eigenvalue weighted by molar-refractivity contribution is 6.04. The molecule has 100 valence electrons. The Morgan fingerprint density at radius 3 is 2.63 bits per heavy atom. The number of hydrogen-bond donors (Lipinski definition) is 0. The zero-order valence-electron chi connectivity index (χ0n) is 10.5. The molecular weight excluding hydrogens is 252 g/mol. The summed E-state index contributed by atoms with van der Waals surface area (Å²) >= 11 is 0. The smallest absolute Gasteiger partial charge is 0.353 e. The summed E-state index contributed by atoms with van der Waals surface area (Å²) in [5, 5.41) is 14.4. The van der Waals surface area contributed by atoms with E-state index in [4.69, 9.17) is 4.84 Å². The van der Waals surface area contributed by atoms with Crippen molar-refractivity contribution in [2.75, 3.05) is 7.11 Å². The minimum absolute atomic E-state index is 0.000931. The molecule has 7 nitrogen and oxygen atoms in total. The molecule has 7 heteroatoms. The van der Waals surface area contributed by atoms with Crippen LogP contribution in [0.1, 0.15) is 18.9 Å². The number of carbonyl (C=O) groups excluding carboxylic acids is 1. The van der Waals surface area contributed by atoms with E-state index >= 15 is 0 Å². The van der Waals surface area contributed by atoms with E-state index in [-0.39, 0.29) is 12.1 Å². The van der Waals surface area contributed by atoms with Crippen LogP contribution in [-0.2, 0) is 14.4 Å². The van der Waals surface area contributed by atoms with Crippen molar-refractivity contribution in [2.24, 2.45) is 5.16 Å². The maximum absolute atomic E-state index is 11.5. The van der Waals surface area contributed by atoms with E-state index in [2.05, 4.69) is 9.89 Å². The summed E-state index contributed by atoms with van der Waals surface area (Å²) in [6.07, 6.45) is 0.261. The Kier molecular flexibility index (Phi) is 3.20. The molecule has 1 atom stereocenters. The molecule has 1 aromatic carbocycles. The second-order valence-corrected chi connectivity index (χ2v) is 4.33. The Morgan fingerprint density at radius 2 is 2.11 bits per heavy atom. The van der Waals surface area contributed by atoms with Crippen molar-refractivity contribution < 1.29 is 19.3 Å². The topological polar surface area (TPSA) is 91.0 Å². The van der Waals surface area contributed by atoms with Gasteiger partial charge in [0.15, 0.2) is 0 Å². The maximum Gasteiger partial charge on any atom is 0.353 e. The molecule has 0 saturated carbocycles. The molecule has 0 fully saturated rings. The summed E-state index contributed by atoms with van der Waals surface area (Å²) in [5.74, 6) is -0.506. The number of non-ortho nitro benzene ring substituents is 1. The van der Waals surface area contributed by atoms with Crippen LogP contribution in [0.15, 0.2) is 29.4 Å². The Balaban J connectivity index is 2.17. The average molecular weight is 264 g/mol. The van der Waals surface area contributed by atoms with E-state index in [9.17, 15) is 14.9 Å². The van der Waals surface area contributed by atoms with Gasteiger partial charge in [-0.3, -0.25) is 10.1 Å². The molecule has 1 aliphatic rings. The SMILES string of the molecule is COC(=O)C1(C)CC(c2ccc([N+](=O)[O-])cc2)=NO1. The van der Waals surface area contributed by atoms with E-state index < -0.39 is 16.5 Å². The summed E-state index contributed by atoms with van der Waals surface area (Å²) in [4.78, 5) is 26.7. The first-order chi connectivity index (χ1) is 8.96. The first-order valence-electron chi connectivity index (χ1n) is 5.54. The second-order valence-electron chi connectivity index (χ2n) is 4.33. The van der Waals surface area contributed by atoms with Crippen molar-refractivity contribution in [2.45, 2.75) is 18.9 Å². The highest BCUT2D eigenvalue weighted by Gasteiger charge is 2.43. The van der Waals surface area contributed by atoms with Crippen molar-refractivity contribution in [1.82, 2.24) is 0 Å². The van der Waals surface area contributed by atoms with E-state index in [0.29, 0.717) is 11.3 Å². The third-order valence-corrected chi connectivity index (χ3v) is 2.89. The summed E-state index contributed by atoms with van der Waals surface area (Å²) < 4.78 is 4.65. The number of oxime groups is 1. The number of esters is 1. The van der Waals surface area contributed by atoms with Crippen LogP contribution in [0.5, 0.6) is 0 Å². The number of rotatable bonds is 3. The van der Waals surface area contributed by atoms with Crippen molar-refractivity contribution in [3.63, 3.8) is 0 Å². The van der Waals surface area contributed by atoms with E-state index in [1.54, 1.807) is 19.1 Å². The van der Waals surface area contributed by atoms with Crippen LogP contribution >= 0.6 is 0 Å². The predicted octanol–water partition coefficient (Wildman–Crippen LogP) is 1.65. The summed E-state index contributed by atoms with van der Waals surface area (Å²) in [6.45, 7) is 1.58. The Hall–Kier alpha value is -2.44. The summed E-state index contributed by atoms with van der Waals surface area (Å²) in [6, 6.07) is 5.91. The minimum Gasteiger partial charge on any atom is -0.466 e. The fraction of sp³-hybridized carbons (Fsp3) is 0.333. The van der Waals surface area contributed by atoms with Gasteiger partial charge in [0.1, 0.15) is 0 Å². The van der Waals surface area contributed by atoms with Crippen LogP contribution in [0.25, 0.3) is 0 Å². The first-order valence-corrected chi connectivity index (χ1v) is 5.54. The van der Waals surface area contributed by atoms with Crippen molar-refractivity contribution in [3.05, 3.63) is 39.9 Å². The molecule has 0 bridgehead atoms. The molecular formula is C12H12N2O5. The highest BCUT2D eigenvalue weighted by atomic mass is 16.7. The molecule has 0 N–H and O–H groups in total. The average Bonchev–Trinajstić information content (AvgIpc) is 2.82. The Labute approximate surface area is 109 Å². The first kappa shape index (κ1) is 13.0. The monoisotopic (exact) mass is 264 g/mol. The number of methoxy groups -OCH3 is 1. The highest BCUT2D eigenvalue weighted by Crippen LogP contribution is 2.28. The molecule has 1 aliphatic heterocycles. The van der Waals surface area contributed by atoms with Crippen LogP contribution in [-0.4, -0.2) is 29.3 Å². The third kappa shape index (κ3) is 2.40. The Morgan fingerprint density at radius 1 is 1.47 bits per heavy atom. The van der Waals surface area contributed by atoms with Crippen LogP contribution in [0, 0.1) is 10.1 Å². The molecule has 1 unspecified atom stereocenters. The lowest BCUT2D eigenvalue weighted by atomic mass is 9.96. The van der Waals surface area contributed by atoms with Gasteiger partial charge in [0.25, 0.3) is 5.69 Å². The normalized spacial score (nSPS) is 21.5. The van der Waals surface area contributed by atoms with Gasteiger partial charge in [-0.25, -0.2) is 4.79 Å². The van der Waals surface area contributed by atoms with Gasteiger partial charge in [0, 0.05) is 18.6 Å². The van der Waals surface area contributed by atoms with Gasteiger partial charge in [0.05, 0.1) is 17.7 Å². The minimum atomic E-state index is -1.13. The van der Waals surface area contributed by atoms with Crippen LogP contribution < -0.4 is 0 Å². The molecule has 19 heavy (non-hydrogen) atoms. The number of nitrogens with zero attached hydrogens (tertiary/aromatic N) is 2. The third-order valence-electron chi connectivity index (χ3n) is 2.89. The number of ether oxygens (including phenoxy) is 1. The maximum atomic E-state index is 11.5. The fourth-order valence-electron chi connectivity index (χ4n) is 1.80. The molecule has 1 aromatic rings. The fourth-order valence-corrected chi connectivity index (χ4v) is 1.80. The van der Waals surface area contributed by atoms with E-state index in [1.807, 2.05) is 0 Å². The largest absolute Gasteiger partial charge is 0.466 e. The van der Waals surface area contributed by atoms with Gasteiger partial charge >= 0.3 is 5.97 Å². The number of benzene rings is 1. The quantitative estimate of drug-likeness (QED) is 0.470. The van der Waals surface area contributed by atoms with Gasteiger partial charge in [0.2, 0.25) is 5.60 Å². The number of nitro benzene ring substituents is 1. The molecule has 0 aromatic heterocycles. The predicted molar refractivity (Wildman–Crippen MR) is 65.8 cm³/mol. The molecule has 0 aliphatic carbocycles. The molecule has 0 radical (unpaired) electrons. The standard InChI is InChI=1S/C12H12N2O5/c1-12(11(15)18-2)7-10(13-19-12)8-3-5-9(6-4-8)14(16)17/h3-6H,7H2,1-2H3. The molecule has 1 heterocycles. The molecule has 0 saturated heterocycles. The van der Waals surface area contributed by atoms with Crippen LogP contribution in [0.3, 0.4) is 0 Å². The van der Waals surface area contributed by atoms with Gasteiger partial charge in [-0.1, -0.05) is 5.16 Å². The van der Waals surface area contributed by atoms with Gasteiger partial charge in [-0.15, -0.1) is 0 Å². The van der Waals surface area contributed by atoms with Crippen molar-refractivity contribution in [3.8, 4) is 0 Å². The lowest BCUT2D eigenvalue weighted by Crippen LogP contribution is -2.36. The van der Waals surface area contributed by atoms with E-state index in [1.165, 1.54) is 19.2 Å². The summed E-state index contributed by atoms with van der Waals surface area (Å²) in [5.41, 5.74) is 0.103. The summed E-state index contributed by atoms with van der Waals surface area (Å²) in [7, 11) is 1.28. The number of nitro groups is 1. The molecule has 2 rings (SSSR count).